The van der Waals surface area contributed by atoms with Crippen molar-refractivity contribution >= 4 is 34.5 Å². The first kappa shape index (κ1) is 19.0. The Bertz CT molecular complexity index is 1010. The van der Waals surface area contributed by atoms with Crippen LogP contribution >= 0.6 is 11.6 Å². The number of imidazole rings is 1. The van der Waals surface area contributed by atoms with Crippen LogP contribution in [0, 0.1) is 6.92 Å². The van der Waals surface area contributed by atoms with Crippen molar-refractivity contribution in [2.24, 2.45) is 0 Å². The molecule has 3 rings (SSSR count). The van der Waals surface area contributed by atoms with E-state index in [1.165, 1.54) is 0 Å². The Kier molecular flexibility index (Phi) is 4.77. The van der Waals surface area contributed by atoms with Gasteiger partial charge in [0.25, 0.3) is 5.91 Å². The second-order valence-corrected chi connectivity index (χ2v) is 6.62. The van der Waals surface area contributed by atoms with Gasteiger partial charge < -0.3 is 10.2 Å². The molecule has 0 unspecified atom stereocenters. The maximum atomic E-state index is 13.1. The summed E-state index contributed by atoms with van der Waals surface area (Å²) in [6.07, 6.45) is -3.77. The lowest BCUT2D eigenvalue weighted by Gasteiger charge is -2.13. The number of rotatable bonds is 3. The van der Waals surface area contributed by atoms with E-state index < -0.39 is 17.6 Å². The van der Waals surface area contributed by atoms with Crippen LogP contribution in [0.1, 0.15) is 21.7 Å². The molecule has 2 aromatic heterocycles. The lowest BCUT2D eigenvalue weighted by molar-refractivity contribution is -0.137. The second kappa shape index (κ2) is 6.77. The number of alkyl halides is 3. The van der Waals surface area contributed by atoms with Gasteiger partial charge in [-0.15, -0.1) is 0 Å². The number of amides is 1. The van der Waals surface area contributed by atoms with Crippen molar-refractivity contribution in [3.05, 3.63) is 58.5 Å². The number of pyridine rings is 1. The molecule has 0 aliphatic rings. The summed E-state index contributed by atoms with van der Waals surface area (Å²) >= 11 is 5.95. The first-order valence-corrected chi connectivity index (χ1v) is 8.30. The highest BCUT2D eigenvalue weighted by molar-refractivity contribution is 6.33. The molecular formula is C18H16ClF3N4O. The average molecular weight is 397 g/mol. The Morgan fingerprint density at radius 3 is 2.41 bits per heavy atom. The number of anilines is 2. The van der Waals surface area contributed by atoms with Gasteiger partial charge in [-0.2, -0.15) is 13.2 Å². The zero-order valence-corrected chi connectivity index (χ0v) is 15.5. The van der Waals surface area contributed by atoms with Crippen LogP contribution in [0.4, 0.5) is 24.5 Å². The third-order valence-electron chi connectivity index (χ3n) is 4.03. The third kappa shape index (κ3) is 3.71. The van der Waals surface area contributed by atoms with Crippen LogP contribution in [0.25, 0.3) is 5.65 Å². The summed E-state index contributed by atoms with van der Waals surface area (Å²) in [6.45, 7) is 1.54. The predicted molar refractivity (Wildman–Crippen MR) is 98.7 cm³/mol. The number of benzene rings is 1. The van der Waals surface area contributed by atoms with E-state index in [9.17, 15) is 18.0 Å². The van der Waals surface area contributed by atoms with Crippen molar-refractivity contribution in [3.8, 4) is 0 Å². The minimum Gasteiger partial charge on any atom is -0.378 e. The largest absolute Gasteiger partial charge is 0.417 e. The van der Waals surface area contributed by atoms with Gasteiger partial charge in [-0.25, -0.2) is 4.98 Å². The molecule has 0 aliphatic heterocycles. The van der Waals surface area contributed by atoms with E-state index in [-0.39, 0.29) is 22.1 Å². The van der Waals surface area contributed by atoms with Crippen LogP contribution in [0.5, 0.6) is 0 Å². The number of nitrogens with zero attached hydrogens (tertiary/aromatic N) is 3. The standard InChI is InChI=1S/C18H16ClF3N4O/c1-10-15(17(27)24-12-4-6-13(7-5-12)25(2)3)26-9-11(18(20,21)22)8-14(19)16(26)23-10/h4-9H,1-3H3,(H,24,27). The maximum absolute atomic E-state index is 13.1. The Hall–Kier alpha value is -2.74. The Morgan fingerprint density at radius 2 is 1.85 bits per heavy atom. The fourth-order valence-corrected chi connectivity index (χ4v) is 2.93. The first-order chi connectivity index (χ1) is 12.6. The summed E-state index contributed by atoms with van der Waals surface area (Å²) in [5, 5.41) is 2.50. The topological polar surface area (TPSA) is 49.6 Å². The molecule has 27 heavy (non-hydrogen) atoms. The molecule has 142 valence electrons. The molecule has 0 aliphatic carbocycles. The van der Waals surface area contributed by atoms with E-state index in [0.717, 1.165) is 22.4 Å². The Balaban J connectivity index is 2.01. The molecule has 0 bridgehead atoms. The van der Waals surface area contributed by atoms with Crippen molar-refractivity contribution in [1.82, 2.24) is 9.38 Å². The second-order valence-electron chi connectivity index (χ2n) is 6.21. The van der Waals surface area contributed by atoms with Crippen LogP contribution in [0.15, 0.2) is 36.5 Å². The molecule has 0 fully saturated rings. The van der Waals surface area contributed by atoms with E-state index in [4.69, 9.17) is 11.6 Å². The van der Waals surface area contributed by atoms with Crippen molar-refractivity contribution in [2.45, 2.75) is 13.1 Å². The summed E-state index contributed by atoms with van der Waals surface area (Å²) in [5.74, 6) is -0.576. The van der Waals surface area contributed by atoms with E-state index in [1.807, 2.05) is 31.1 Å². The molecule has 1 N–H and O–H groups in total. The van der Waals surface area contributed by atoms with Crippen molar-refractivity contribution < 1.29 is 18.0 Å². The van der Waals surface area contributed by atoms with Crippen LogP contribution in [0.2, 0.25) is 5.02 Å². The smallest absolute Gasteiger partial charge is 0.378 e. The fourth-order valence-electron chi connectivity index (χ4n) is 2.68. The molecular weight excluding hydrogens is 381 g/mol. The minimum absolute atomic E-state index is 0.00492. The summed E-state index contributed by atoms with van der Waals surface area (Å²) in [6, 6.07) is 7.84. The number of carbonyl (C=O) groups is 1. The molecule has 3 aromatic rings. The average Bonchev–Trinajstić information content (AvgIpc) is 2.91. The monoisotopic (exact) mass is 396 g/mol. The lowest BCUT2D eigenvalue weighted by Crippen LogP contribution is -2.17. The molecule has 1 amide bonds. The number of aryl methyl sites for hydroxylation is 1. The maximum Gasteiger partial charge on any atom is 0.417 e. The van der Waals surface area contributed by atoms with Gasteiger partial charge in [-0.1, -0.05) is 11.6 Å². The number of carbonyl (C=O) groups excluding carboxylic acids is 1. The first-order valence-electron chi connectivity index (χ1n) is 7.92. The van der Waals surface area contributed by atoms with Gasteiger partial charge in [-0.05, 0) is 37.3 Å². The van der Waals surface area contributed by atoms with E-state index in [1.54, 1.807) is 19.1 Å². The molecule has 5 nitrogen and oxygen atoms in total. The van der Waals surface area contributed by atoms with Crippen LogP contribution in [-0.4, -0.2) is 29.4 Å². The van der Waals surface area contributed by atoms with Crippen LogP contribution in [-0.2, 0) is 6.18 Å². The highest BCUT2D eigenvalue weighted by Gasteiger charge is 2.32. The molecule has 0 radical (unpaired) electrons. The van der Waals surface area contributed by atoms with Gasteiger partial charge in [0.2, 0.25) is 0 Å². The number of nitrogens with one attached hydrogen (secondary N) is 1. The number of hydrogen-bond donors (Lipinski definition) is 1. The van der Waals surface area contributed by atoms with Gasteiger partial charge >= 0.3 is 6.18 Å². The summed E-state index contributed by atoms with van der Waals surface area (Å²) in [5.41, 5.74) is 0.865. The van der Waals surface area contributed by atoms with Gasteiger partial charge in [0.1, 0.15) is 5.69 Å². The van der Waals surface area contributed by atoms with E-state index in [0.29, 0.717) is 5.69 Å². The number of halogens is 4. The summed E-state index contributed by atoms with van der Waals surface area (Å²) in [4.78, 5) is 18.7. The quantitative estimate of drug-likeness (QED) is 0.702. The van der Waals surface area contributed by atoms with Crippen molar-refractivity contribution in [3.63, 3.8) is 0 Å². The lowest BCUT2D eigenvalue weighted by atomic mass is 10.2. The Morgan fingerprint density at radius 1 is 1.22 bits per heavy atom. The number of hydrogen-bond acceptors (Lipinski definition) is 3. The number of fused-ring (bicyclic) bond motifs is 1. The molecule has 0 atom stereocenters. The fraction of sp³-hybridized carbons (Fsp3) is 0.222. The number of aromatic nitrogens is 2. The highest BCUT2D eigenvalue weighted by Crippen LogP contribution is 2.33. The zero-order valence-electron chi connectivity index (χ0n) is 14.7. The summed E-state index contributed by atoms with van der Waals surface area (Å²) in [7, 11) is 3.77. The Labute approximate surface area is 158 Å². The van der Waals surface area contributed by atoms with E-state index >= 15 is 0 Å². The van der Waals surface area contributed by atoms with Gasteiger partial charge in [0, 0.05) is 31.7 Å². The van der Waals surface area contributed by atoms with Crippen LogP contribution in [0.3, 0.4) is 0 Å². The van der Waals surface area contributed by atoms with Crippen LogP contribution < -0.4 is 10.2 Å². The SMILES string of the molecule is Cc1nc2c(Cl)cc(C(F)(F)F)cn2c1C(=O)Nc1ccc(N(C)C)cc1. The van der Waals surface area contributed by atoms with Gasteiger partial charge in [0.05, 0.1) is 16.3 Å². The third-order valence-corrected chi connectivity index (χ3v) is 4.31. The van der Waals surface area contributed by atoms with Gasteiger partial charge in [-0.3, -0.25) is 9.20 Å². The highest BCUT2D eigenvalue weighted by atomic mass is 35.5. The summed E-state index contributed by atoms with van der Waals surface area (Å²) < 4.78 is 40.3. The molecule has 2 heterocycles. The van der Waals surface area contributed by atoms with Gasteiger partial charge in [0.15, 0.2) is 5.65 Å². The molecule has 9 heteroatoms. The molecule has 0 spiro atoms. The van der Waals surface area contributed by atoms with Crippen molar-refractivity contribution in [2.75, 3.05) is 24.3 Å². The predicted octanol–water partition coefficient (Wildman–Crippen LogP) is 4.63. The minimum atomic E-state index is -4.59. The normalized spacial score (nSPS) is 11.7. The van der Waals surface area contributed by atoms with E-state index in [2.05, 4.69) is 10.3 Å². The molecule has 1 aromatic carbocycles. The molecule has 0 saturated carbocycles. The van der Waals surface area contributed by atoms with Crippen molar-refractivity contribution in [1.29, 1.82) is 0 Å². The zero-order chi connectivity index (χ0) is 19.9. The molecule has 0 saturated heterocycles.